The number of esters is 9. The van der Waals surface area contributed by atoms with Crippen LogP contribution in [0.1, 0.15) is 151 Å². The fourth-order valence-corrected chi connectivity index (χ4v) is 11.0. The fraction of sp³-hybridized carbons (Fsp3) is 0.494. The summed E-state index contributed by atoms with van der Waals surface area (Å²) >= 11 is 0. The van der Waals surface area contributed by atoms with Crippen molar-refractivity contribution in [1.29, 1.82) is 0 Å². The Kier molecular flexibility index (Phi) is 37.2. The van der Waals surface area contributed by atoms with Crippen molar-refractivity contribution in [2.75, 3.05) is 132 Å². The van der Waals surface area contributed by atoms with Gasteiger partial charge in [-0.1, -0.05) is 26.2 Å². The second kappa shape index (κ2) is 46.8. The minimum absolute atomic E-state index is 0.0102. The summed E-state index contributed by atoms with van der Waals surface area (Å²) < 4.78 is 112. The Morgan fingerprint density at radius 2 is 0.385 bits per heavy atom. The van der Waals surface area contributed by atoms with Crippen molar-refractivity contribution in [2.24, 2.45) is 0 Å². The number of rotatable bonds is 44. The Hall–Kier alpha value is -11.2. The molecule has 0 aliphatic heterocycles. The molecule has 594 valence electrons. The molecule has 10 aliphatic carbocycles. The van der Waals surface area contributed by atoms with Crippen LogP contribution in [0.25, 0.3) is 0 Å². The maximum absolute atomic E-state index is 13.9. The van der Waals surface area contributed by atoms with Gasteiger partial charge in [-0.15, -0.1) is 0 Å². The average molecular weight is 1530 g/mol. The molecule has 0 unspecified atom stereocenters. The SMILES string of the molecule is CCCCCCNC(=O)COc1cc2c(OCC(=O)OCC)cc1Cc1cc(OCC(=O)OCC)c(cc1OCC(=O)OCC)Cc1cc(OCC(=O)OCC)c(cc1OCC(=O)OCC)Cc1cc(OCC(=O)OCC)c(cc1OCC(=O)OCC)Cc1cc(OCC(=O)OCC)c(cc1OCC(=O)OCC)C2. The molecule has 0 radical (unpaired) electrons. The Balaban J connectivity index is 1.87. The number of ether oxygens (including phenoxy) is 19. The van der Waals surface area contributed by atoms with Crippen LogP contribution in [0.2, 0.25) is 0 Å². The van der Waals surface area contributed by atoms with Crippen LogP contribution in [0.4, 0.5) is 0 Å². The molecule has 0 atom stereocenters. The first-order chi connectivity index (χ1) is 52.7. The molecule has 0 aromatic heterocycles. The third-order valence-electron chi connectivity index (χ3n) is 15.7. The number of nitrogens with one attached hydrogen (secondary N) is 1. The summed E-state index contributed by atoms with van der Waals surface area (Å²) in [6.45, 7) is 10.4. The van der Waals surface area contributed by atoms with Gasteiger partial charge < -0.3 is 95.3 Å². The van der Waals surface area contributed by atoms with Gasteiger partial charge in [-0.25, -0.2) is 43.2 Å². The predicted molar refractivity (Wildman–Crippen MR) is 388 cm³/mol. The van der Waals surface area contributed by atoms with Gasteiger partial charge in [0.05, 0.1) is 59.5 Å². The Morgan fingerprint density at radius 3 is 0.532 bits per heavy atom. The molecule has 5 aromatic rings. The normalized spacial score (nSPS) is 11.4. The van der Waals surface area contributed by atoms with Gasteiger partial charge in [0.25, 0.3) is 5.91 Å². The van der Waals surface area contributed by atoms with Crippen molar-refractivity contribution in [2.45, 2.75) is 127 Å². The lowest BCUT2D eigenvalue weighted by Crippen LogP contribution is -2.29. The molecule has 109 heavy (non-hydrogen) atoms. The Labute approximate surface area is 633 Å². The molecule has 0 saturated carbocycles. The van der Waals surface area contributed by atoms with Crippen LogP contribution in [-0.2, 0) is 123 Å². The van der Waals surface area contributed by atoms with Gasteiger partial charge >= 0.3 is 53.7 Å². The summed E-state index contributed by atoms with van der Waals surface area (Å²) in [6, 6.07) is 15.4. The van der Waals surface area contributed by atoms with Gasteiger partial charge in [0.15, 0.2) is 66.1 Å². The largest absolute Gasteiger partial charge is 0.483 e. The van der Waals surface area contributed by atoms with Crippen molar-refractivity contribution in [1.82, 2.24) is 5.32 Å². The highest BCUT2D eigenvalue weighted by Gasteiger charge is 2.28. The highest BCUT2D eigenvalue weighted by atomic mass is 16.6. The molecule has 0 heterocycles. The highest BCUT2D eigenvalue weighted by Crippen LogP contribution is 2.43. The standard InChI is InChI=1S/C79H99NO29/c1-11-21-22-23-24-80-70(81)40-100-60-30-51-26-53-33-65(105-45-75(86)95-16-6)55(35-64(53)104-44-74(85)94-15-5)28-57-37-69(109-49-79(90)99-20-10)59(39-68(57)108-48-78(89)98-19-9)29-58-38-66(106-46-76(87)96-17-7)56(36-67(58)107-47-77(88)97-18-8)27-54-34-62(102-42-72(83)92-13-3)52(32-63(54)103-43-73(84)93-14-4)25-50(60)31-61(51)101-41-71(82)91-12-2/h30-39H,11-29,40-49H2,1-10H3,(H,80,81). The van der Waals surface area contributed by atoms with Crippen molar-refractivity contribution in [3.05, 3.63) is 116 Å². The zero-order chi connectivity index (χ0) is 79.0. The first-order valence-corrected chi connectivity index (χ1v) is 36.4. The van der Waals surface area contributed by atoms with E-state index in [1.165, 1.54) is 48.5 Å². The average Bonchev–Trinajstić information content (AvgIpc) is 1.29. The Morgan fingerprint density at radius 1 is 0.229 bits per heavy atom. The lowest BCUT2D eigenvalue weighted by atomic mass is 9.94. The highest BCUT2D eigenvalue weighted by molar-refractivity contribution is 5.78. The van der Waals surface area contributed by atoms with Crippen molar-refractivity contribution in [3.63, 3.8) is 0 Å². The third-order valence-corrected chi connectivity index (χ3v) is 15.7. The maximum atomic E-state index is 13.9. The van der Waals surface area contributed by atoms with Crippen LogP contribution in [0.5, 0.6) is 57.5 Å². The molecule has 10 aliphatic rings. The fourth-order valence-electron chi connectivity index (χ4n) is 11.0. The molecular formula is C79H99NO29. The zero-order valence-corrected chi connectivity index (χ0v) is 63.6. The summed E-state index contributed by atoms with van der Waals surface area (Å²) in [4.78, 5) is 134. The number of benzene rings is 5. The summed E-state index contributed by atoms with van der Waals surface area (Å²) in [5, 5.41) is 2.91. The van der Waals surface area contributed by atoms with E-state index in [4.69, 9.17) is 90.0 Å². The van der Waals surface area contributed by atoms with Crippen molar-refractivity contribution >= 4 is 59.6 Å². The van der Waals surface area contributed by atoms with Crippen LogP contribution in [0.15, 0.2) is 60.7 Å². The van der Waals surface area contributed by atoms with Crippen molar-refractivity contribution < 1.29 is 138 Å². The molecule has 1 amide bonds. The van der Waals surface area contributed by atoms with E-state index < -0.39 is 126 Å². The van der Waals surface area contributed by atoms with Crippen molar-refractivity contribution in [3.8, 4) is 57.5 Å². The van der Waals surface area contributed by atoms with Crippen LogP contribution in [-0.4, -0.2) is 192 Å². The molecule has 5 aromatic carbocycles. The van der Waals surface area contributed by atoms with Gasteiger partial charge in [-0.05, 0) is 129 Å². The number of unbranched alkanes of at least 4 members (excludes halogenated alkanes) is 3. The molecular weight excluding hydrogens is 1430 g/mol. The number of hydrogen-bond donors (Lipinski definition) is 1. The first-order valence-electron chi connectivity index (χ1n) is 36.4. The van der Waals surface area contributed by atoms with Gasteiger partial charge in [-0.2, -0.15) is 0 Å². The summed E-state index contributed by atoms with van der Waals surface area (Å²) in [7, 11) is 0. The lowest BCUT2D eigenvalue weighted by molar-refractivity contribution is -0.146. The second-order valence-corrected chi connectivity index (χ2v) is 23.8. The minimum Gasteiger partial charge on any atom is -0.483 e. The molecule has 1 N–H and O–H groups in total. The van der Waals surface area contributed by atoms with E-state index in [9.17, 15) is 47.9 Å². The first kappa shape index (κ1) is 86.7. The summed E-state index contributed by atoms with van der Waals surface area (Å²) in [5.74, 6) is -7.18. The lowest BCUT2D eigenvalue weighted by Gasteiger charge is -2.22. The number of amides is 1. The number of carbonyl (C=O) groups is 10. The molecule has 15 rings (SSSR count). The van der Waals surface area contributed by atoms with Gasteiger partial charge in [0, 0.05) is 94.3 Å². The van der Waals surface area contributed by atoms with E-state index in [0.717, 1.165) is 19.3 Å². The minimum atomic E-state index is -0.770. The van der Waals surface area contributed by atoms with E-state index in [1.54, 1.807) is 74.4 Å². The van der Waals surface area contributed by atoms with Crippen LogP contribution < -0.4 is 52.7 Å². The van der Waals surface area contributed by atoms with Gasteiger partial charge in [0.1, 0.15) is 57.5 Å². The van der Waals surface area contributed by atoms with E-state index in [-0.39, 0.29) is 205 Å². The molecule has 0 spiro atoms. The maximum Gasteiger partial charge on any atom is 0.344 e. The summed E-state index contributed by atoms with van der Waals surface area (Å²) in [5.41, 5.74) is 2.48. The second-order valence-electron chi connectivity index (χ2n) is 23.8. The van der Waals surface area contributed by atoms with E-state index in [2.05, 4.69) is 12.2 Å². The molecule has 0 saturated heterocycles. The molecule has 30 heteroatoms. The molecule has 10 bridgehead atoms. The van der Waals surface area contributed by atoms with E-state index >= 15 is 0 Å². The van der Waals surface area contributed by atoms with Crippen LogP contribution in [0, 0.1) is 0 Å². The smallest absolute Gasteiger partial charge is 0.344 e. The monoisotopic (exact) mass is 1530 g/mol. The summed E-state index contributed by atoms with van der Waals surface area (Å²) in [6.07, 6.45) is 2.29. The third kappa shape index (κ3) is 29.1. The molecule has 30 nitrogen and oxygen atoms in total. The molecule has 0 fully saturated rings. The van der Waals surface area contributed by atoms with Crippen LogP contribution in [0.3, 0.4) is 0 Å². The van der Waals surface area contributed by atoms with Gasteiger partial charge in [-0.3, -0.25) is 4.79 Å². The Bertz CT molecular complexity index is 3710. The number of hydrogen-bond acceptors (Lipinski definition) is 29. The van der Waals surface area contributed by atoms with Gasteiger partial charge in [0.2, 0.25) is 0 Å². The van der Waals surface area contributed by atoms with Crippen LogP contribution >= 0.6 is 0 Å². The predicted octanol–water partition coefficient (Wildman–Crippen LogP) is 8.51. The quantitative estimate of drug-likeness (QED) is 0.0213. The number of carbonyl (C=O) groups excluding carboxylic acids is 10. The zero-order valence-electron chi connectivity index (χ0n) is 63.6. The topological polar surface area (TPSA) is 358 Å². The van der Waals surface area contributed by atoms with E-state index in [0.29, 0.717) is 13.0 Å². The van der Waals surface area contributed by atoms with E-state index in [1.807, 2.05) is 0 Å².